The summed E-state index contributed by atoms with van der Waals surface area (Å²) in [5.41, 5.74) is 1.13. The fourth-order valence-electron chi connectivity index (χ4n) is 2.30. The predicted octanol–water partition coefficient (Wildman–Crippen LogP) is 1.93. The van der Waals surface area contributed by atoms with Crippen LogP contribution in [0.5, 0.6) is 0 Å². The van der Waals surface area contributed by atoms with Crippen molar-refractivity contribution in [2.45, 2.75) is 6.04 Å². The van der Waals surface area contributed by atoms with Gasteiger partial charge in [-0.25, -0.2) is 0 Å². The molecule has 1 N–H and O–H groups in total. The number of pyridine rings is 1. The molecule has 2 aromatic heterocycles. The van der Waals surface area contributed by atoms with Crippen LogP contribution in [0.2, 0.25) is 0 Å². The van der Waals surface area contributed by atoms with Crippen LogP contribution in [-0.2, 0) is 0 Å². The molecule has 0 aromatic carbocycles. The predicted molar refractivity (Wildman–Crippen MR) is 75.2 cm³/mol. The van der Waals surface area contributed by atoms with E-state index in [1.54, 1.807) is 6.20 Å². The lowest BCUT2D eigenvalue weighted by molar-refractivity contribution is 0.0708. The van der Waals surface area contributed by atoms with Gasteiger partial charge in [0.2, 0.25) is 0 Å². The first-order chi connectivity index (χ1) is 9.34. The third kappa shape index (κ3) is 2.67. The van der Waals surface area contributed by atoms with E-state index in [1.165, 1.54) is 11.3 Å². The van der Waals surface area contributed by atoms with E-state index in [9.17, 15) is 4.79 Å². The standard InChI is InChI=1S/C14H15N3OS/c18-14(13-4-2-8-19-13)17-7-6-16-12(10-17)11-3-1-5-15-9-11/h1-5,8-9,12,16H,6-7,10H2. The first-order valence-electron chi connectivity index (χ1n) is 6.30. The van der Waals surface area contributed by atoms with Gasteiger partial charge in [-0.15, -0.1) is 11.3 Å². The Kier molecular flexibility index (Phi) is 3.57. The second kappa shape index (κ2) is 5.50. The summed E-state index contributed by atoms with van der Waals surface area (Å²) in [5.74, 6) is 0.130. The number of carbonyl (C=O) groups excluding carboxylic acids is 1. The van der Waals surface area contributed by atoms with E-state index in [0.717, 1.165) is 23.5 Å². The van der Waals surface area contributed by atoms with Crippen molar-refractivity contribution >= 4 is 17.2 Å². The minimum atomic E-state index is 0.130. The average Bonchev–Trinajstić information content (AvgIpc) is 3.02. The molecule has 0 aliphatic carbocycles. The molecule has 1 atom stereocenters. The fourth-order valence-corrected chi connectivity index (χ4v) is 2.99. The number of piperazine rings is 1. The van der Waals surface area contributed by atoms with Gasteiger partial charge in [0.15, 0.2) is 0 Å². The van der Waals surface area contributed by atoms with Crippen molar-refractivity contribution in [3.63, 3.8) is 0 Å². The Morgan fingerprint density at radius 3 is 3.11 bits per heavy atom. The van der Waals surface area contributed by atoms with Gasteiger partial charge in [0.05, 0.1) is 10.9 Å². The van der Waals surface area contributed by atoms with Gasteiger partial charge in [-0.05, 0) is 23.1 Å². The quantitative estimate of drug-likeness (QED) is 0.909. The molecule has 1 unspecified atom stereocenters. The van der Waals surface area contributed by atoms with Crippen LogP contribution < -0.4 is 5.32 Å². The summed E-state index contributed by atoms with van der Waals surface area (Å²) in [6.07, 6.45) is 3.62. The molecule has 3 heterocycles. The smallest absolute Gasteiger partial charge is 0.264 e. The highest BCUT2D eigenvalue weighted by Crippen LogP contribution is 2.19. The minimum Gasteiger partial charge on any atom is -0.335 e. The highest BCUT2D eigenvalue weighted by molar-refractivity contribution is 7.12. The molecular formula is C14H15N3OS. The van der Waals surface area contributed by atoms with Gasteiger partial charge < -0.3 is 10.2 Å². The highest BCUT2D eigenvalue weighted by atomic mass is 32.1. The zero-order valence-electron chi connectivity index (χ0n) is 10.5. The van der Waals surface area contributed by atoms with E-state index < -0.39 is 0 Å². The van der Waals surface area contributed by atoms with E-state index in [0.29, 0.717) is 6.54 Å². The van der Waals surface area contributed by atoms with Gasteiger partial charge in [0.1, 0.15) is 0 Å². The van der Waals surface area contributed by atoms with Crippen molar-refractivity contribution < 1.29 is 4.79 Å². The van der Waals surface area contributed by atoms with Gasteiger partial charge in [-0.2, -0.15) is 0 Å². The van der Waals surface area contributed by atoms with Gasteiger partial charge >= 0.3 is 0 Å². The number of nitrogens with one attached hydrogen (secondary N) is 1. The molecular weight excluding hydrogens is 258 g/mol. The van der Waals surface area contributed by atoms with E-state index in [-0.39, 0.29) is 11.9 Å². The van der Waals surface area contributed by atoms with Crippen LogP contribution in [0.4, 0.5) is 0 Å². The van der Waals surface area contributed by atoms with Crippen LogP contribution in [0.15, 0.2) is 42.0 Å². The van der Waals surface area contributed by atoms with Gasteiger partial charge in [-0.3, -0.25) is 9.78 Å². The van der Waals surface area contributed by atoms with Crippen molar-refractivity contribution in [2.75, 3.05) is 19.6 Å². The molecule has 0 saturated carbocycles. The van der Waals surface area contributed by atoms with Crippen molar-refractivity contribution in [2.24, 2.45) is 0 Å². The third-order valence-corrected chi connectivity index (χ3v) is 4.14. The third-order valence-electron chi connectivity index (χ3n) is 3.28. The number of aromatic nitrogens is 1. The van der Waals surface area contributed by atoms with Gasteiger partial charge in [0.25, 0.3) is 5.91 Å². The first kappa shape index (κ1) is 12.3. The Hall–Kier alpha value is -1.72. The van der Waals surface area contributed by atoms with Gasteiger partial charge in [-0.1, -0.05) is 12.1 Å². The summed E-state index contributed by atoms with van der Waals surface area (Å²) in [4.78, 5) is 19.2. The second-order valence-corrected chi connectivity index (χ2v) is 5.47. The molecule has 0 bridgehead atoms. The van der Waals surface area contributed by atoms with Gasteiger partial charge in [0, 0.05) is 32.0 Å². The SMILES string of the molecule is O=C(c1cccs1)N1CCNC(c2cccnc2)C1. The van der Waals surface area contributed by atoms with Crippen molar-refractivity contribution in [3.8, 4) is 0 Å². The van der Waals surface area contributed by atoms with Crippen molar-refractivity contribution in [1.82, 2.24) is 15.2 Å². The van der Waals surface area contributed by atoms with E-state index in [1.807, 2.05) is 40.7 Å². The largest absolute Gasteiger partial charge is 0.335 e. The summed E-state index contributed by atoms with van der Waals surface area (Å²) in [5, 5.41) is 5.37. The van der Waals surface area contributed by atoms with E-state index in [4.69, 9.17) is 0 Å². The topological polar surface area (TPSA) is 45.2 Å². The first-order valence-corrected chi connectivity index (χ1v) is 7.18. The van der Waals surface area contributed by atoms with E-state index in [2.05, 4.69) is 10.3 Å². The Morgan fingerprint density at radius 1 is 1.42 bits per heavy atom. The zero-order valence-corrected chi connectivity index (χ0v) is 11.3. The minimum absolute atomic E-state index is 0.130. The molecule has 19 heavy (non-hydrogen) atoms. The maximum absolute atomic E-state index is 12.3. The molecule has 4 nitrogen and oxygen atoms in total. The van der Waals surface area contributed by atoms with Crippen LogP contribution in [0.1, 0.15) is 21.3 Å². The molecule has 98 valence electrons. The maximum Gasteiger partial charge on any atom is 0.264 e. The highest BCUT2D eigenvalue weighted by Gasteiger charge is 2.25. The second-order valence-electron chi connectivity index (χ2n) is 4.52. The number of hydrogen-bond acceptors (Lipinski definition) is 4. The normalized spacial score (nSPS) is 19.4. The van der Waals surface area contributed by atoms with Crippen LogP contribution in [0.3, 0.4) is 0 Å². The summed E-state index contributed by atoms with van der Waals surface area (Å²) in [6, 6.07) is 7.94. The molecule has 1 fully saturated rings. The summed E-state index contributed by atoms with van der Waals surface area (Å²) in [6.45, 7) is 2.27. The number of nitrogens with zero attached hydrogens (tertiary/aromatic N) is 2. The van der Waals surface area contributed by atoms with Crippen LogP contribution in [-0.4, -0.2) is 35.4 Å². The van der Waals surface area contributed by atoms with Crippen LogP contribution in [0.25, 0.3) is 0 Å². The van der Waals surface area contributed by atoms with Crippen LogP contribution >= 0.6 is 11.3 Å². The van der Waals surface area contributed by atoms with Crippen molar-refractivity contribution in [3.05, 3.63) is 52.5 Å². The Balaban J connectivity index is 1.73. The molecule has 1 saturated heterocycles. The Bertz CT molecular complexity index is 541. The number of amides is 1. The summed E-state index contributed by atoms with van der Waals surface area (Å²) >= 11 is 1.50. The Morgan fingerprint density at radius 2 is 2.37 bits per heavy atom. The molecule has 0 spiro atoms. The Labute approximate surface area is 116 Å². The molecule has 1 aliphatic heterocycles. The lowest BCUT2D eigenvalue weighted by Crippen LogP contribution is -2.48. The number of thiophene rings is 1. The summed E-state index contributed by atoms with van der Waals surface area (Å²) < 4.78 is 0. The monoisotopic (exact) mass is 273 g/mol. The molecule has 1 aliphatic rings. The molecule has 0 radical (unpaired) electrons. The summed E-state index contributed by atoms with van der Waals surface area (Å²) in [7, 11) is 0. The van der Waals surface area contributed by atoms with Crippen LogP contribution in [0, 0.1) is 0 Å². The number of carbonyl (C=O) groups is 1. The molecule has 5 heteroatoms. The maximum atomic E-state index is 12.3. The lowest BCUT2D eigenvalue weighted by atomic mass is 10.1. The molecule has 1 amide bonds. The number of hydrogen-bond donors (Lipinski definition) is 1. The lowest BCUT2D eigenvalue weighted by Gasteiger charge is -2.33. The number of rotatable bonds is 2. The molecule has 2 aromatic rings. The van der Waals surface area contributed by atoms with E-state index >= 15 is 0 Å². The molecule has 3 rings (SSSR count). The zero-order chi connectivity index (χ0) is 13.1. The van der Waals surface area contributed by atoms with Crippen molar-refractivity contribution in [1.29, 1.82) is 0 Å². The average molecular weight is 273 g/mol. The fraction of sp³-hybridized carbons (Fsp3) is 0.286.